The summed E-state index contributed by atoms with van der Waals surface area (Å²) in [4.78, 5) is 4.53. The molecule has 110 valence electrons. The topological polar surface area (TPSA) is 31.4 Å². The van der Waals surface area contributed by atoms with E-state index in [9.17, 15) is 0 Å². The van der Waals surface area contributed by atoms with Gasteiger partial charge in [-0.3, -0.25) is 0 Å². The van der Waals surface area contributed by atoms with Crippen molar-refractivity contribution in [2.24, 2.45) is 0 Å². The first-order valence-electron chi connectivity index (χ1n) is 7.13. The molecular formula is C17H26N3Na. The maximum absolute atomic E-state index is 4.53. The van der Waals surface area contributed by atoms with Crippen LogP contribution in [0.3, 0.4) is 0 Å². The quantitative estimate of drug-likeness (QED) is 0.631. The predicted octanol–water partition coefficient (Wildman–Crippen LogP) is 2.31. The molecule has 0 radical (unpaired) electrons. The maximum atomic E-state index is 4.53. The number of pyridine rings is 1. The summed E-state index contributed by atoms with van der Waals surface area (Å²) in [6, 6.07) is 5.93. The Morgan fingerprint density at radius 1 is 1.24 bits per heavy atom. The zero-order valence-corrected chi connectivity index (χ0v) is 16.5. The number of hydrogen-bond donors (Lipinski definition) is 0. The summed E-state index contributed by atoms with van der Waals surface area (Å²) >= 11 is 0. The molecule has 0 aliphatic rings. The van der Waals surface area contributed by atoms with Crippen LogP contribution in [0.25, 0.3) is 16.5 Å². The van der Waals surface area contributed by atoms with Crippen LogP contribution >= 0.6 is 0 Å². The molecule has 2 aromatic heterocycles. The molecule has 0 N–H and O–H groups in total. The molecule has 0 atom stereocenters. The van der Waals surface area contributed by atoms with E-state index in [4.69, 9.17) is 0 Å². The zero-order chi connectivity index (χ0) is 15.5. The molecule has 3 nitrogen and oxygen atoms in total. The van der Waals surface area contributed by atoms with Gasteiger partial charge >= 0.3 is 29.6 Å². The normalized spacial score (nSPS) is 10.0. The molecule has 0 aliphatic carbocycles. The van der Waals surface area contributed by atoms with E-state index in [0.29, 0.717) is 0 Å². The van der Waals surface area contributed by atoms with E-state index in [1.165, 1.54) is 0 Å². The summed E-state index contributed by atoms with van der Waals surface area (Å²) in [6.45, 7) is 13.8. The van der Waals surface area contributed by atoms with E-state index in [1.54, 1.807) is 13.1 Å². The summed E-state index contributed by atoms with van der Waals surface area (Å²) in [5.41, 5.74) is 3.76. The molecule has 4 heteroatoms. The average molecular weight is 295 g/mol. The fourth-order valence-electron chi connectivity index (χ4n) is 1.62. The molecule has 0 fully saturated rings. The maximum Gasteiger partial charge on any atom is 1.00 e. The minimum absolute atomic E-state index is 0. The van der Waals surface area contributed by atoms with Crippen molar-refractivity contribution >= 4 is 11.2 Å². The third-order valence-corrected chi connectivity index (χ3v) is 2.57. The van der Waals surface area contributed by atoms with Gasteiger partial charge in [-0.05, 0) is 17.7 Å². The van der Waals surface area contributed by atoms with Crippen LogP contribution in [0.5, 0.6) is 0 Å². The molecule has 0 spiro atoms. The Morgan fingerprint density at radius 2 is 1.86 bits per heavy atom. The SMILES string of the molecule is C=C/C(=C(\C)[N-]C)c1cn2ccccc2n1.CC.CC.[Na+]. The Hall–Kier alpha value is -1.03. The molecule has 0 aromatic carbocycles. The Kier molecular flexibility index (Phi) is 13.4. The molecule has 2 heterocycles. The predicted molar refractivity (Wildman–Crippen MR) is 90.0 cm³/mol. The van der Waals surface area contributed by atoms with Crippen molar-refractivity contribution < 1.29 is 29.6 Å². The van der Waals surface area contributed by atoms with Crippen LogP contribution < -0.4 is 29.6 Å². The molecular weight excluding hydrogens is 269 g/mol. The van der Waals surface area contributed by atoms with Crippen LogP contribution in [0.4, 0.5) is 0 Å². The minimum Gasteiger partial charge on any atom is -0.690 e. The van der Waals surface area contributed by atoms with E-state index in [0.717, 1.165) is 22.6 Å². The third-order valence-electron chi connectivity index (χ3n) is 2.57. The first-order chi connectivity index (χ1) is 9.76. The zero-order valence-electron chi connectivity index (χ0n) is 14.5. The van der Waals surface area contributed by atoms with E-state index >= 15 is 0 Å². The second-order valence-electron chi connectivity index (χ2n) is 3.52. The number of imidazole rings is 1. The van der Waals surface area contributed by atoms with Crippen LogP contribution in [-0.2, 0) is 0 Å². The number of rotatable bonds is 3. The summed E-state index contributed by atoms with van der Waals surface area (Å²) in [7, 11) is 1.77. The molecule has 0 amide bonds. The largest absolute Gasteiger partial charge is 1.00 e. The van der Waals surface area contributed by atoms with Crippen LogP contribution in [0.15, 0.2) is 48.9 Å². The fraction of sp³-hybridized carbons (Fsp3) is 0.353. The van der Waals surface area contributed by atoms with Gasteiger partial charge in [0, 0.05) is 12.4 Å². The van der Waals surface area contributed by atoms with Crippen molar-refractivity contribution in [2.75, 3.05) is 7.05 Å². The summed E-state index contributed by atoms with van der Waals surface area (Å²) in [5, 5.41) is 4.17. The second-order valence-corrected chi connectivity index (χ2v) is 3.52. The number of hydrogen-bond acceptors (Lipinski definition) is 1. The number of fused-ring (bicyclic) bond motifs is 1. The fourth-order valence-corrected chi connectivity index (χ4v) is 1.62. The molecule has 0 bridgehead atoms. The Morgan fingerprint density at radius 3 is 2.33 bits per heavy atom. The van der Waals surface area contributed by atoms with Gasteiger partial charge in [0.2, 0.25) is 0 Å². The van der Waals surface area contributed by atoms with Gasteiger partial charge in [-0.25, -0.2) is 4.98 Å². The van der Waals surface area contributed by atoms with Crippen molar-refractivity contribution in [1.29, 1.82) is 0 Å². The molecule has 0 saturated carbocycles. The Balaban J connectivity index is 0. The van der Waals surface area contributed by atoms with Crippen LogP contribution in [0.1, 0.15) is 40.3 Å². The minimum atomic E-state index is 0. The summed E-state index contributed by atoms with van der Waals surface area (Å²) < 4.78 is 1.99. The van der Waals surface area contributed by atoms with Gasteiger partial charge in [-0.15, -0.1) is 7.05 Å². The Bertz CT molecular complexity index is 523. The number of nitrogens with zero attached hydrogens (tertiary/aromatic N) is 3. The Labute approximate surface area is 151 Å². The number of allylic oxidation sites excluding steroid dienone is 3. The second kappa shape index (κ2) is 12.7. The molecule has 0 unspecified atom stereocenters. The standard InChI is InChI=1S/C13H14N3.2C2H6.Na/c1-4-11(10(2)14-3)12-9-16-8-6-5-7-13(16)15-12;2*1-2;/h4-9H,1H2,2-3H3;2*1-2H3;/q-1;;;+1/b11-10-;;;. The van der Waals surface area contributed by atoms with E-state index in [2.05, 4.69) is 16.9 Å². The van der Waals surface area contributed by atoms with Crippen LogP contribution in [0.2, 0.25) is 0 Å². The number of aromatic nitrogens is 2. The van der Waals surface area contributed by atoms with Gasteiger partial charge in [-0.2, -0.15) is 5.70 Å². The van der Waals surface area contributed by atoms with Gasteiger partial charge in [0.25, 0.3) is 0 Å². The third kappa shape index (κ3) is 6.08. The van der Waals surface area contributed by atoms with E-state index < -0.39 is 0 Å². The first-order valence-corrected chi connectivity index (χ1v) is 7.13. The monoisotopic (exact) mass is 295 g/mol. The molecule has 2 rings (SSSR count). The molecule has 0 aliphatic heterocycles. The first kappa shape index (κ1) is 22.3. The van der Waals surface area contributed by atoms with E-state index in [1.807, 2.05) is 69.6 Å². The van der Waals surface area contributed by atoms with Gasteiger partial charge < -0.3 is 9.72 Å². The van der Waals surface area contributed by atoms with Crippen molar-refractivity contribution in [3.8, 4) is 0 Å². The van der Waals surface area contributed by atoms with Crippen molar-refractivity contribution in [3.63, 3.8) is 0 Å². The van der Waals surface area contributed by atoms with Crippen LogP contribution in [-0.4, -0.2) is 16.4 Å². The van der Waals surface area contributed by atoms with Crippen molar-refractivity contribution in [2.45, 2.75) is 34.6 Å². The summed E-state index contributed by atoms with van der Waals surface area (Å²) in [5.74, 6) is 0. The molecule has 0 saturated heterocycles. The molecule has 2 aromatic rings. The van der Waals surface area contributed by atoms with Gasteiger partial charge in [0.05, 0.1) is 5.69 Å². The van der Waals surface area contributed by atoms with Gasteiger partial charge in [0.1, 0.15) is 5.65 Å². The van der Waals surface area contributed by atoms with Gasteiger partial charge in [0.15, 0.2) is 0 Å². The molecule has 21 heavy (non-hydrogen) atoms. The van der Waals surface area contributed by atoms with Gasteiger partial charge in [-0.1, -0.05) is 53.3 Å². The smallest absolute Gasteiger partial charge is 0.690 e. The average Bonchev–Trinajstić information content (AvgIpc) is 2.95. The van der Waals surface area contributed by atoms with E-state index in [-0.39, 0.29) is 29.6 Å². The van der Waals surface area contributed by atoms with Crippen molar-refractivity contribution in [3.05, 3.63) is 60.0 Å². The van der Waals surface area contributed by atoms with Crippen molar-refractivity contribution in [1.82, 2.24) is 9.38 Å². The summed E-state index contributed by atoms with van der Waals surface area (Å²) in [6.07, 6.45) is 5.76. The van der Waals surface area contributed by atoms with Crippen LogP contribution in [0, 0.1) is 0 Å².